The number of nitrogens with two attached hydrogens (primary N) is 1. The van der Waals surface area contributed by atoms with Gasteiger partial charge in [0.2, 0.25) is 0 Å². The first-order chi connectivity index (χ1) is 8.60. The summed E-state index contributed by atoms with van der Waals surface area (Å²) >= 11 is 5.22. The van der Waals surface area contributed by atoms with E-state index in [1.807, 2.05) is 13.0 Å². The minimum absolute atomic E-state index is 0.515. The summed E-state index contributed by atoms with van der Waals surface area (Å²) in [6.07, 6.45) is 0. The second-order valence-electron chi connectivity index (χ2n) is 4.23. The highest BCUT2D eigenvalue weighted by molar-refractivity contribution is 9.10. The Kier molecular flexibility index (Phi) is 4.37. The molecule has 0 atom stereocenters. The summed E-state index contributed by atoms with van der Waals surface area (Å²) in [5.74, 6) is 0.974. The Bertz CT molecular complexity index is 539. The third-order valence-corrected chi connectivity index (χ3v) is 4.37. The highest BCUT2D eigenvalue weighted by atomic mass is 79.9. The van der Waals surface area contributed by atoms with Gasteiger partial charge < -0.3 is 10.6 Å². The molecule has 0 aromatic carbocycles. The van der Waals surface area contributed by atoms with Gasteiger partial charge in [0.1, 0.15) is 5.82 Å². The lowest BCUT2D eigenvalue weighted by molar-refractivity contribution is 0.880. The molecular weight excluding hydrogens is 310 g/mol. The van der Waals surface area contributed by atoms with E-state index in [1.54, 1.807) is 11.3 Å². The smallest absolute Gasteiger partial charge is 0.133 e. The quantitative estimate of drug-likeness (QED) is 0.937. The molecule has 0 aliphatic heterocycles. The number of thiophene rings is 1. The summed E-state index contributed by atoms with van der Waals surface area (Å²) in [5, 5.41) is 2.09. The predicted octanol–water partition coefficient (Wildman–Crippen LogP) is 3.31. The lowest BCUT2D eigenvalue weighted by atomic mass is 10.2. The topological polar surface area (TPSA) is 42.1 Å². The predicted molar refractivity (Wildman–Crippen MR) is 81.0 cm³/mol. The summed E-state index contributed by atoms with van der Waals surface area (Å²) in [4.78, 5) is 8.03. The van der Waals surface area contributed by atoms with Gasteiger partial charge >= 0.3 is 0 Å². The normalized spacial score (nSPS) is 10.7. The Morgan fingerprint density at radius 3 is 2.83 bits per heavy atom. The van der Waals surface area contributed by atoms with E-state index in [9.17, 15) is 0 Å². The van der Waals surface area contributed by atoms with Gasteiger partial charge in [-0.2, -0.15) is 0 Å². The van der Waals surface area contributed by atoms with Crippen LogP contribution < -0.4 is 10.6 Å². The van der Waals surface area contributed by atoms with E-state index in [1.165, 1.54) is 4.88 Å². The molecule has 5 heteroatoms. The molecular formula is C13H16BrN3S. The molecule has 18 heavy (non-hydrogen) atoms. The number of aryl methyl sites for hydroxylation is 1. The van der Waals surface area contributed by atoms with E-state index in [2.05, 4.69) is 50.4 Å². The highest BCUT2D eigenvalue weighted by Crippen LogP contribution is 2.24. The number of hydrogen-bond acceptors (Lipinski definition) is 4. The van der Waals surface area contributed by atoms with Crippen LogP contribution >= 0.6 is 27.3 Å². The van der Waals surface area contributed by atoms with Crippen LogP contribution in [-0.2, 0) is 13.1 Å². The van der Waals surface area contributed by atoms with Crippen LogP contribution in [0.4, 0.5) is 5.82 Å². The second-order valence-corrected chi connectivity index (χ2v) is 6.14. The van der Waals surface area contributed by atoms with Gasteiger partial charge in [-0.15, -0.1) is 11.3 Å². The van der Waals surface area contributed by atoms with Crippen LogP contribution in [0, 0.1) is 6.92 Å². The molecule has 96 valence electrons. The van der Waals surface area contributed by atoms with Gasteiger partial charge in [-0.3, -0.25) is 0 Å². The maximum Gasteiger partial charge on any atom is 0.133 e. The monoisotopic (exact) mass is 325 g/mol. The minimum atomic E-state index is 0.515. The van der Waals surface area contributed by atoms with Crippen molar-refractivity contribution in [2.45, 2.75) is 20.0 Å². The molecule has 0 saturated heterocycles. The average molecular weight is 326 g/mol. The first-order valence-electron chi connectivity index (χ1n) is 5.71. The van der Waals surface area contributed by atoms with Gasteiger partial charge in [0.15, 0.2) is 0 Å². The zero-order valence-electron chi connectivity index (χ0n) is 10.5. The van der Waals surface area contributed by atoms with E-state index in [0.29, 0.717) is 6.54 Å². The third-order valence-electron chi connectivity index (χ3n) is 2.69. The first-order valence-corrected chi connectivity index (χ1v) is 7.38. The highest BCUT2D eigenvalue weighted by Gasteiger charge is 2.10. The van der Waals surface area contributed by atoms with Gasteiger partial charge in [0.05, 0.1) is 6.54 Å². The molecule has 2 aromatic heterocycles. The van der Waals surface area contributed by atoms with Crippen LogP contribution in [0.3, 0.4) is 0 Å². The lowest BCUT2D eigenvalue weighted by Crippen LogP contribution is -2.20. The summed E-state index contributed by atoms with van der Waals surface area (Å²) in [6, 6.07) is 6.19. The standard InChI is InChI=1S/C13H16BrN3S/c1-9-3-4-10(6-15)13(16-9)17(2)7-12-5-11(14)8-18-12/h3-5,8H,6-7,15H2,1-2H3. The summed E-state index contributed by atoms with van der Waals surface area (Å²) in [5.41, 5.74) is 7.86. The molecule has 0 unspecified atom stereocenters. The fourth-order valence-electron chi connectivity index (χ4n) is 1.81. The number of hydrogen-bond donors (Lipinski definition) is 1. The van der Waals surface area contributed by atoms with E-state index in [4.69, 9.17) is 5.73 Å². The maximum atomic E-state index is 5.76. The Hall–Kier alpha value is -0.910. The molecule has 2 N–H and O–H groups in total. The molecule has 2 heterocycles. The molecule has 0 bridgehead atoms. The van der Waals surface area contributed by atoms with Gasteiger partial charge in [0.25, 0.3) is 0 Å². The summed E-state index contributed by atoms with van der Waals surface area (Å²) < 4.78 is 1.13. The Morgan fingerprint density at radius 1 is 1.44 bits per heavy atom. The molecule has 0 saturated carbocycles. The van der Waals surface area contributed by atoms with Crippen molar-refractivity contribution in [2.75, 3.05) is 11.9 Å². The van der Waals surface area contributed by atoms with Crippen molar-refractivity contribution in [2.24, 2.45) is 5.73 Å². The number of aromatic nitrogens is 1. The fourth-order valence-corrected chi connectivity index (χ4v) is 3.31. The van der Waals surface area contributed by atoms with Crippen molar-refractivity contribution in [1.29, 1.82) is 0 Å². The maximum absolute atomic E-state index is 5.76. The number of anilines is 1. The van der Waals surface area contributed by atoms with Crippen molar-refractivity contribution >= 4 is 33.1 Å². The van der Waals surface area contributed by atoms with Crippen molar-refractivity contribution in [3.63, 3.8) is 0 Å². The van der Waals surface area contributed by atoms with E-state index < -0.39 is 0 Å². The number of halogens is 1. The van der Waals surface area contributed by atoms with Crippen LogP contribution in [0.1, 0.15) is 16.1 Å². The largest absolute Gasteiger partial charge is 0.354 e. The van der Waals surface area contributed by atoms with Crippen molar-refractivity contribution in [3.8, 4) is 0 Å². The summed E-state index contributed by atoms with van der Waals surface area (Å²) in [7, 11) is 2.05. The lowest BCUT2D eigenvalue weighted by Gasteiger charge is -2.20. The Balaban J connectivity index is 2.22. The van der Waals surface area contributed by atoms with E-state index in [-0.39, 0.29) is 0 Å². The van der Waals surface area contributed by atoms with Gasteiger partial charge in [-0.1, -0.05) is 6.07 Å². The molecule has 2 rings (SSSR count). The van der Waals surface area contributed by atoms with Crippen molar-refractivity contribution < 1.29 is 0 Å². The average Bonchev–Trinajstić information content (AvgIpc) is 2.74. The molecule has 0 spiro atoms. The molecule has 2 aromatic rings. The number of nitrogens with zero attached hydrogens (tertiary/aromatic N) is 2. The van der Waals surface area contributed by atoms with Crippen LogP contribution in [-0.4, -0.2) is 12.0 Å². The van der Waals surface area contributed by atoms with Crippen LogP contribution in [0.2, 0.25) is 0 Å². The van der Waals surface area contributed by atoms with E-state index >= 15 is 0 Å². The molecule has 0 aliphatic rings. The van der Waals surface area contributed by atoms with Crippen LogP contribution in [0.15, 0.2) is 28.1 Å². The fraction of sp³-hybridized carbons (Fsp3) is 0.308. The first kappa shape index (κ1) is 13.5. The second kappa shape index (κ2) is 5.82. The summed E-state index contributed by atoms with van der Waals surface area (Å²) in [6.45, 7) is 3.36. The molecule has 0 radical (unpaired) electrons. The Morgan fingerprint density at radius 2 is 2.22 bits per heavy atom. The van der Waals surface area contributed by atoms with Gasteiger partial charge in [-0.25, -0.2) is 4.98 Å². The number of rotatable bonds is 4. The molecule has 0 aliphatic carbocycles. The Labute approximate surface area is 120 Å². The minimum Gasteiger partial charge on any atom is -0.354 e. The molecule has 0 amide bonds. The third kappa shape index (κ3) is 3.10. The van der Waals surface area contributed by atoms with Crippen molar-refractivity contribution in [1.82, 2.24) is 4.98 Å². The van der Waals surface area contributed by atoms with Crippen LogP contribution in [0.5, 0.6) is 0 Å². The zero-order valence-corrected chi connectivity index (χ0v) is 12.9. The molecule has 3 nitrogen and oxygen atoms in total. The van der Waals surface area contributed by atoms with Gasteiger partial charge in [-0.05, 0) is 35.0 Å². The van der Waals surface area contributed by atoms with Gasteiger partial charge in [0, 0.05) is 39.6 Å². The van der Waals surface area contributed by atoms with Crippen molar-refractivity contribution in [3.05, 3.63) is 44.2 Å². The SMILES string of the molecule is Cc1ccc(CN)c(N(C)Cc2cc(Br)cs2)n1. The molecule has 0 fully saturated rings. The number of pyridine rings is 1. The zero-order chi connectivity index (χ0) is 13.1. The van der Waals surface area contributed by atoms with Crippen LogP contribution in [0.25, 0.3) is 0 Å². The van der Waals surface area contributed by atoms with E-state index in [0.717, 1.165) is 28.1 Å².